The van der Waals surface area contributed by atoms with E-state index in [-0.39, 0.29) is 5.78 Å². The number of para-hydroxylation sites is 1. The van der Waals surface area contributed by atoms with Gasteiger partial charge < -0.3 is 14.4 Å². The van der Waals surface area contributed by atoms with Crippen molar-refractivity contribution < 1.29 is 19.1 Å². The van der Waals surface area contributed by atoms with E-state index >= 15 is 0 Å². The first-order chi connectivity index (χ1) is 11.6. The summed E-state index contributed by atoms with van der Waals surface area (Å²) >= 11 is 0. The number of ketones is 1. The summed E-state index contributed by atoms with van der Waals surface area (Å²) in [6.45, 7) is 1.26. The molecule has 0 aromatic heterocycles. The van der Waals surface area contributed by atoms with Crippen molar-refractivity contribution in [2.24, 2.45) is 0 Å². The highest BCUT2D eigenvalue weighted by molar-refractivity contribution is 6.12. The van der Waals surface area contributed by atoms with Crippen molar-refractivity contribution in [1.29, 1.82) is 0 Å². The fraction of sp³-hybridized carbons (Fsp3) is 0.263. The molecule has 0 saturated carbocycles. The first-order valence-corrected chi connectivity index (χ1v) is 7.77. The number of likely N-dealkylation sites (N-methyl/N-ethyl adjacent to an activating group) is 1. The summed E-state index contributed by atoms with van der Waals surface area (Å²) < 4.78 is 10.9. The van der Waals surface area contributed by atoms with Crippen molar-refractivity contribution in [2.75, 3.05) is 27.2 Å². The van der Waals surface area contributed by atoms with Gasteiger partial charge in [-0.3, -0.25) is 4.79 Å². The molecule has 1 aliphatic rings. The number of fused-ring (bicyclic) bond motifs is 2. The molecule has 0 spiro atoms. The molecule has 3 rings (SSSR count). The molecule has 0 unspecified atom stereocenters. The predicted molar refractivity (Wildman–Crippen MR) is 89.5 cm³/mol. The molecule has 0 atom stereocenters. The lowest BCUT2D eigenvalue weighted by atomic mass is 9.97. The van der Waals surface area contributed by atoms with Gasteiger partial charge in [-0.25, -0.2) is 4.79 Å². The zero-order chi connectivity index (χ0) is 17.1. The average Bonchev–Trinajstić information content (AvgIpc) is 2.72. The van der Waals surface area contributed by atoms with Crippen LogP contribution >= 0.6 is 0 Å². The Morgan fingerprint density at radius 3 is 2.75 bits per heavy atom. The molecule has 2 aromatic carbocycles. The molecule has 1 heterocycles. The Labute approximate surface area is 140 Å². The van der Waals surface area contributed by atoms with Gasteiger partial charge in [0, 0.05) is 17.7 Å². The summed E-state index contributed by atoms with van der Waals surface area (Å²) in [5, 5.41) is 0. The summed E-state index contributed by atoms with van der Waals surface area (Å²) in [4.78, 5) is 26.9. The summed E-state index contributed by atoms with van der Waals surface area (Å²) in [5.74, 6) is 0.000696. The normalized spacial score (nSPS) is 12.9. The van der Waals surface area contributed by atoms with E-state index in [1.54, 1.807) is 36.4 Å². The van der Waals surface area contributed by atoms with Crippen molar-refractivity contribution >= 4 is 11.8 Å². The molecule has 0 amide bonds. The molecule has 124 valence electrons. The van der Waals surface area contributed by atoms with Crippen LogP contribution in [0.3, 0.4) is 0 Å². The molecule has 0 fully saturated rings. The van der Waals surface area contributed by atoms with E-state index in [1.807, 2.05) is 25.1 Å². The van der Waals surface area contributed by atoms with Crippen LogP contribution in [0.25, 0.3) is 0 Å². The van der Waals surface area contributed by atoms with Crippen LogP contribution in [0.15, 0.2) is 42.5 Å². The van der Waals surface area contributed by atoms with Crippen molar-refractivity contribution in [3.8, 4) is 5.75 Å². The molecule has 24 heavy (non-hydrogen) atoms. The fourth-order valence-corrected chi connectivity index (χ4v) is 2.53. The standard InChI is InChI=1S/C19H19NO4/c1-20(2)9-10-23-19(22)13-7-8-14-12-24-17-6-4-3-5-15(17)18(21)16(14)11-13/h3-8,11H,9-10,12H2,1-2H3. The first-order valence-electron chi connectivity index (χ1n) is 7.77. The number of esters is 1. The number of carbonyl (C=O) groups excluding carboxylic acids is 2. The van der Waals surface area contributed by atoms with Crippen molar-refractivity contribution in [3.05, 3.63) is 64.7 Å². The molecule has 0 saturated heterocycles. The first kappa shape index (κ1) is 16.2. The maximum absolute atomic E-state index is 12.8. The van der Waals surface area contributed by atoms with E-state index in [0.717, 1.165) is 5.56 Å². The van der Waals surface area contributed by atoms with Crippen LogP contribution in [0, 0.1) is 0 Å². The Bertz CT molecular complexity index is 783. The lowest BCUT2D eigenvalue weighted by molar-refractivity contribution is 0.0482. The summed E-state index contributed by atoms with van der Waals surface area (Å²) in [6, 6.07) is 12.1. The SMILES string of the molecule is CN(C)CCOC(=O)c1ccc2c(c1)C(=O)c1ccccc1OC2. The van der Waals surface area contributed by atoms with E-state index in [4.69, 9.17) is 9.47 Å². The molecule has 0 N–H and O–H groups in total. The highest BCUT2D eigenvalue weighted by Crippen LogP contribution is 2.28. The van der Waals surface area contributed by atoms with Gasteiger partial charge >= 0.3 is 5.97 Å². The molecule has 2 aromatic rings. The summed E-state index contributed by atoms with van der Waals surface area (Å²) in [5.41, 5.74) is 2.14. The van der Waals surface area contributed by atoms with E-state index in [9.17, 15) is 9.59 Å². The van der Waals surface area contributed by atoms with Gasteiger partial charge in [-0.2, -0.15) is 0 Å². The number of benzene rings is 2. The van der Waals surface area contributed by atoms with Gasteiger partial charge in [-0.1, -0.05) is 18.2 Å². The molecule has 0 aliphatic carbocycles. The van der Waals surface area contributed by atoms with Crippen LogP contribution < -0.4 is 4.74 Å². The van der Waals surface area contributed by atoms with Gasteiger partial charge in [-0.05, 0) is 38.4 Å². The highest BCUT2D eigenvalue weighted by Gasteiger charge is 2.23. The summed E-state index contributed by atoms with van der Waals surface area (Å²) in [6.07, 6.45) is 0. The van der Waals surface area contributed by atoms with Gasteiger partial charge in [0.1, 0.15) is 19.0 Å². The third-order valence-electron chi connectivity index (χ3n) is 3.88. The Balaban J connectivity index is 1.86. The second-order valence-corrected chi connectivity index (χ2v) is 5.93. The van der Waals surface area contributed by atoms with E-state index in [1.165, 1.54) is 0 Å². The smallest absolute Gasteiger partial charge is 0.338 e. The molecular weight excluding hydrogens is 306 g/mol. The van der Waals surface area contributed by atoms with Crippen molar-refractivity contribution in [2.45, 2.75) is 6.61 Å². The van der Waals surface area contributed by atoms with Gasteiger partial charge in [0.25, 0.3) is 0 Å². The van der Waals surface area contributed by atoms with Crippen LogP contribution in [0.1, 0.15) is 31.8 Å². The largest absolute Gasteiger partial charge is 0.488 e. The number of ether oxygens (including phenoxy) is 2. The minimum absolute atomic E-state index is 0.138. The molecule has 1 aliphatic heterocycles. The van der Waals surface area contributed by atoms with Crippen LogP contribution in [-0.2, 0) is 11.3 Å². The van der Waals surface area contributed by atoms with Crippen molar-refractivity contribution in [1.82, 2.24) is 4.90 Å². The number of carbonyl (C=O) groups is 2. The number of hydrogen-bond donors (Lipinski definition) is 0. The summed E-state index contributed by atoms with van der Waals surface area (Å²) in [7, 11) is 3.82. The molecule has 0 bridgehead atoms. The van der Waals surface area contributed by atoms with Crippen LogP contribution in [0.4, 0.5) is 0 Å². The Kier molecular flexibility index (Phi) is 4.62. The van der Waals surface area contributed by atoms with Crippen molar-refractivity contribution in [3.63, 3.8) is 0 Å². The number of hydrogen-bond acceptors (Lipinski definition) is 5. The molecular formula is C19H19NO4. The predicted octanol–water partition coefficient (Wildman–Crippen LogP) is 2.53. The van der Waals surface area contributed by atoms with Crippen LogP contribution in [0.2, 0.25) is 0 Å². The Morgan fingerprint density at radius 1 is 1.17 bits per heavy atom. The maximum Gasteiger partial charge on any atom is 0.338 e. The average molecular weight is 325 g/mol. The third kappa shape index (κ3) is 3.31. The fourth-order valence-electron chi connectivity index (χ4n) is 2.53. The lowest BCUT2D eigenvalue weighted by Gasteiger charge is -2.11. The lowest BCUT2D eigenvalue weighted by Crippen LogP contribution is -2.20. The number of nitrogens with zero attached hydrogens (tertiary/aromatic N) is 1. The van der Waals surface area contributed by atoms with Gasteiger partial charge in [0.15, 0.2) is 5.78 Å². The molecule has 5 nitrogen and oxygen atoms in total. The zero-order valence-electron chi connectivity index (χ0n) is 13.7. The van der Waals surface area contributed by atoms with Gasteiger partial charge in [-0.15, -0.1) is 0 Å². The van der Waals surface area contributed by atoms with Crippen LogP contribution in [0.5, 0.6) is 5.75 Å². The maximum atomic E-state index is 12.8. The van der Waals surface area contributed by atoms with Gasteiger partial charge in [0.2, 0.25) is 0 Å². The minimum atomic E-state index is -0.425. The topological polar surface area (TPSA) is 55.8 Å². The second-order valence-electron chi connectivity index (χ2n) is 5.93. The van der Waals surface area contributed by atoms with E-state index < -0.39 is 5.97 Å². The highest BCUT2D eigenvalue weighted by atomic mass is 16.5. The Hall–Kier alpha value is -2.66. The Morgan fingerprint density at radius 2 is 1.96 bits per heavy atom. The van der Waals surface area contributed by atoms with E-state index in [0.29, 0.717) is 42.2 Å². The van der Waals surface area contributed by atoms with E-state index in [2.05, 4.69) is 0 Å². The van der Waals surface area contributed by atoms with Crippen LogP contribution in [-0.4, -0.2) is 43.9 Å². The molecule has 5 heteroatoms. The minimum Gasteiger partial charge on any atom is -0.488 e. The quantitative estimate of drug-likeness (QED) is 0.809. The molecule has 0 radical (unpaired) electrons. The monoisotopic (exact) mass is 325 g/mol. The zero-order valence-corrected chi connectivity index (χ0v) is 13.7. The second kappa shape index (κ2) is 6.84. The number of rotatable bonds is 4. The third-order valence-corrected chi connectivity index (χ3v) is 3.88. The van der Waals surface area contributed by atoms with Gasteiger partial charge in [0.05, 0.1) is 11.1 Å².